The molecule has 0 spiro atoms. The number of carbonyl (C=O) groups is 1. The first kappa shape index (κ1) is 12.7. The summed E-state index contributed by atoms with van der Waals surface area (Å²) in [6.07, 6.45) is 2.57. The number of hydrogen-bond acceptors (Lipinski definition) is 4. The highest BCUT2D eigenvalue weighted by atomic mass is 35.5. The van der Waals surface area contributed by atoms with Gasteiger partial charge in [-0.15, -0.1) is 22.7 Å². The lowest BCUT2D eigenvalue weighted by Gasteiger charge is -1.95. The molecule has 0 aromatic carbocycles. The van der Waals surface area contributed by atoms with E-state index in [1.54, 1.807) is 0 Å². The number of thiophene rings is 1. The summed E-state index contributed by atoms with van der Waals surface area (Å²) in [5.74, 6) is -0.788. The van der Waals surface area contributed by atoms with Gasteiger partial charge in [0.25, 0.3) is 0 Å². The van der Waals surface area contributed by atoms with Crippen LogP contribution in [0.3, 0.4) is 0 Å². The van der Waals surface area contributed by atoms with Gasteiger partial charge in [0.1, 0.15) is 0 Å². The van der Waals surface area contributed by atoms with Crippen molar-refractivity contribution in [3.63, 3.8) is 0 Å². The summed E-state index contributed by atoms with van der Waals surface area (Å²) in [6, 6.07) is 1.88. The van der Waals surface area contributed by atoms with Crippen LogP contribution in [-0.4, -0.2) is 20.5 Å². The molecular weight excluding hydrogens is 304 g/mol. The van der Waals surface area contributed by atoms with E-state index in [-0.39, 0.29) is 6.42 Å². The summed E-state index contributed by atoms with van der Waals surface area (Å²) in [6.45, 7) is 0. The van der Waals surface area contributed by atoms with E-state index in [1.807, 2.05) is 27.4 Å². The molecule has 0 amide bonds. The maximum Gasteiger partial charge on any atom is 0.303 e. The Balaban J connectivity index is 1.95. The molecule has 98 valence electrons. The largest absolute Gasteiger partial charge is 0.481 e. The third-order valence-corrected chi connectivity index (χ3v) is 4.72. The van der Waals surface area contributed by atoms with Crippen LogP contribution >= 0.6 is 34.3 Å². The predicted molar refractivity (Wildman–Crippen MR) is 77.3 cm³/mol. The van der Waals surface area contributed by atoms with Crippen LogP contribution in [0.5, 0.6) is 0 Å². The fourth-order valence-electron chi connectivity index (χ4n) is 1.83. The number of fused-ring (bicyclic) bond motifs is 1. The standard InChI is InChI=1S/C12H9ClN2O2S2/c13-10-3-7(5-18-10)9-4-15-8(1-2-11(16)17)6-19-12(15)14-9/h3-6H,1-2H2,(H,16,17). The molecule has 0 aliphatic carbocycles. The molecule has 3 rings (SSSR count). The van der Waals surface area contributed by atoms with Crippen LogP contribution in [0.2, 0.25) is 4.34 Å². The highest BCUT2D eigenvalue weighted by Gasteiger charge is 2.11. The van der Waals surface area contributed by atoms with E-state index in [1.165, 1.54) is 22.7 Å². The van der Waals surface area contributed by atoms with Gasteiger partial charge < -0.3 is 5.11 Å². The van der Waals surface area contributed by atoms with Gasteiger partial charge in [-0.25, -0.2) is 4.98 Å². The van der Waals surface area contributed by atoms with Crippen LogP contribution in [0.4, 0.5) is 0 Å². The number of carboxylic acids is 1. The molecule has 0 bridgehead atoms. The highest BCUT2D eigenvalue weighted by Crippen LogP contribution is 2.29. The van der Waals surface area contributed by atoms with Crippen LogP contribution in [0, 0.1) is 0 Å². The van der Waals surface area contributed by atoms with E-state index in [4.69, 9.17) is 16.7 Å². The average Bonchev–Trinajstić information content (AvgIpc) is 3.00. The van der Waals surface area contributed by atoms with E-state index in [9.17, 15) is 4.79 Å². The summed E-state index contributed by atoms with van der Waals surface area (Å²) in [4.78, 5) is 16.0. The van der Waals surface area contributed by atoms with Gasteiger partial charge in [-0.3, -0.25) is 9.20 Å². The molecule has 7 heteroatoms. The maximum atomic E-state index is 10.6. The molecule has 0 fully saturated rings. The van der Waals surface area contributed by atoms with Gasteiger partial charge >= 0.3 is 5.97 Å². The summed E-state index contributed by atoms with van der Waals surface area (Å²) in [5.41, 5.74) is 2.84. The van der Waals surface area contributed by atoms with Gasteiger partial charge in [-0.2, -0.15) is 0 Å². The smallest absolute Gasteiger partial charge is 0.303 e. The maximum absolute atomic E-state index is 10.6. The van der Waals surface area contributed by atoms with Gasteiger partial charge in [-0.05, 0) is 12.5 Å². The van der Waals surface area contributed by atoms with Crippen molar-refractivity contribution in [2.24, 2.45) is 0 Å². The van der Waals surface area contributed by atoms with Crippen LogP contribution in [0.15, 0.2) is 23.0 Å². The lowest BCUT2D eigenvalue weighted by molar-refractivity contribution is -0.136. The first-order valence-corrected chi connectivity index (χ1v) is 7.69. The number of thiazole rings is 1. The van der Waals surface area contributed by atoms with Crippen molar-refractivity contribution in [3.8, 4) is 11.3 Å². The van der Waals surface area contributed by atoms with Crippen molar-refractivity contribution < 1.29 is 9.90 Å². The zero-order chi connectivity index (χ0) is 13.4. The molecule has 3 heterocycles. The number of aromatic nitrogens is 2. The fourth-order valence-corrected chi connectivity index (χ4v) is 3.61. The van der Waals surface area contributed by atoms with Crippen molar-refractivity contribution >= 4 is 45.2 Å². The second-order valence-corrected chi connectivity index (χ2v) is 6.42. The Bertz CT molecular complexity index is 744. The van der Waals surface area contributed by atoms with Crippen molar-refractivity contribution in [1.82, 2.24) is 9.38 Å². The fraction of sp³-hybridized carbons (Fsp3) is 0.167. The van der Waals surface area contributed by atoms with Gasteiger partial charge in [0.05, 0.1) is 16.5 Å². The molecular formula is C12H9ClN2O2S2. The Hall–Kier alpha value is -1.37. The molecule has 0 aliphatic rings. The predicted octanol–water partition coefficient (Wildman–Crippen LogP) is 3.79. The molecule has 0 radical (unpaired) electrons. The number of aliphatic carboxylic acids is 1. The molecule has 19 heavy (non-hydrogen) atoms. The molecule has 1 N–H and O–H groups in total. The van der Waals surface area contributed by atoms with Gasteiger partial charge in [-0.1, -0.05) is 11.6 Å². The van der Waals surface area contributed by atoms with E-state index in [0.717, 1.165) is 26.2 Å². The van der Waals surface area contributed by atoms with Gasteiger partial charge in [0.2, 0.25) is 0 Å². The number of hydrogen-bond donors (Lipinski definition) is 1. The van der Waals surface area contributed by atoms with Crippen molar-refractivity contribution in [3.05, 3.63) is 33.1 Å². The van der Waals surface area contributed by atoms with Gasteiger partial charge in [0.15, 0.2) is 4.96 Å². The highest BCUT2D eigenvalue weighted by molar-refractivity contribution is 7.15. The summed E-state index contributed by atoms with van der Waals surface area (Å²) < 4.78 is 2.69. The van der Waals surface area contributed by atoms with Crippen LogP contribution < -0.4 is 0 Å². The third kappa shape index (κ3) is 2.51. The first-order valence-electron chi connectivity index (χ1n) is 5.55. The normalized spacial score (nSPS) is 11.2. The van der Waals surface area contributed by atoms with Crippen molar-refractivity contribution in [1.29, 1.82) is 0 Å². The molecule has 0 saturated carbocycles. The average molecular weight is 313 g/mol. The summed E-state index contributed by atoms with van der Waals surface area (Å²) >= 11 is 8.91. The van der Waals surface area contributed by atoms with Crippen LogP contribution in [0.25, 0.3) is 16.2 Å². The second-order valence-electron chi connectivity index (χ2n) is 4.04. The Morgan fingerprint density at radius 2 is 2.26 bits per heavy atom. The zero-order valence-electron chi connectivity index (χ0n) is 9.67. The molecule has 0 aliphatic heterocycles. The summed E-state index contributed by atoms with van der Waals surface area (Å²) in [5, 5.41) is 12.7. The Kier molecular flexibility index (Phi) is 3.30. The minimum atomic E-state index is -0.788. The molecule has 3 aromatic heterocycles. The number of carboxylic acid groups (broad SMARTS) is 1. The van der Waals surface area contributed by atoms with E-state index in [0.29, 0.717) is 6.42 Å². The zero-order valence-corrected chi connectivity index (χ0v) is 12.1. The molecule has 0 saturated heterocycles. The van der Waals surface area contributed by atoms with E-state index in [2.05, 4.69) is 4.98 Å². The molecule has 3 aromatic rings. The topological polar surface area (TPSA) is 54.6 Å². The number of aryl methyl sites for hydroxylation is 1. The molecule has 0 unspecified atom stereocenters. The van der Waals surface area contributed by atoms with Gasteiger partial charge in [0, 0.05) is 28.2 Å². The summed E-state index contributed by atoms with van der Waals surface area (Å²) in [7, 11) is 0. The van der Waals surface area contributed by atoms with Crippen molar-refractivity contribution in [2.45, 2.75) is 12.8 Å². The van der Waals surface area contributed by atoms with E-state index >= 15 is 0 Å². The number of imidazole rings is 1. The Labute approximate surface area is 121 Å². The van der Waals surface area contributed by atoms with Crippen molar-refractivity contribution in [2.75, 3.05) is 0 Å². The monoisotopic (exact) mass is 312 g/mol. The molecule has 4 nitrogen and oxygen atoms in total. The van der Waals surface area contributed by atoms with Crippen LogP contribution in [-0.2, 0) is 11.2 Å². The lowest BCUT2D eigenvalue weighted by Crippen LogP contribution is -1.99. The van der Waals surface area contributed by atoms with Crippen LogP contribution in [0.1, 0.15) is 12.1 Å². The minimum Gasteiger partial charge on any atom is -0.481 e. The Morgan fingerprint density at radius 3 is 2.95 bits per heavy atom. The lowest BCUT2D eigenvalue weighted by atomic mass is 10.2. The number of rotatable bonds is 4. The minimum absolute atomic E-state index is 0.129. The number of halogens is 1. The second kappa shape index (κ2) is 4.96. The molecule has 0 atom stereocenters. The van der Waals surface area contributed by atoms with E-state index < -0.39 is 5.97 Å². The quantitative estimate of drug-likeness (QED) is 0.797. The Morgan fingerprint density at radius 1 is 1.42 bits per heavy atom. The number of nitrogens with zero attached hydrogens (tertiary/aromatic N) is 2. The SMILES string of the molecule is O=C(O)CCc1csc2nc(-c3csc(Cl)c3)cn12. The third-order valence-electron chi connectivity index (χ3n) is 2.74. The first-order chi connectivity index (χ1) is 9.13.